The van der Waals surface area contributed by atoms with E-state index in [-0.39, 0.29) is 11.6 Å². The lowest BCUT2D eigenvalue weighted by molar-refractivity contribution is 0.0698. The van der Waals surface area contributed by atoms with Gasteiger partial charge in [-0.2, -0.15) is 0 Å². The zero-order valence-corrected chi connectivity index (χ0v) is 19.1. The van der Waals surface area contributed by atoms with Gasteiger partial charge in [0.15, 0.2) is 0 Å². The predicted molar refractivity (Wildman–Crippen MR) is 133 cm³/mol. The molecule has 0 fully saturated rings. The van der Waals surface area contributed by atoms with E-state index in [4.69, 9.17) is 4.98 Å². The molecule has 3 aromatic carbocycles. The van der Waals surface area contributed by atoms with E-state index in [0.717, 1.165) is 46.5 Å². The number of carboxylic acid groups (broad SMARTS) is 1. The number of carbonyl (C=O) groups is 1. The van der Waals surface area contributed by atoms with E-state index in [2.05, 4.69) is 73.5 Å². The SMILES string of the molecule is Cc1cc(C(C)Nc2ccccc2C(=O)O)c2cc(N3Cc4ccccc4C3)c(C)nc2c1. The lowest BCUT2D eigenvalue weighted by Gasteiger charge is -2.23. The number of carboxylic acids is 1. The third-order valence-electron chi connectivity index (χ3n) is 6.45. The smallest absolute Gasteiger partial charge is 0.337 e. The molecule has 33 heavy (non-hydrogen) atoms. The first-order valence-corrected chi connectivity index (χ1v) is 11.2. The van der Waals surface area contributed by atoms with Gasteiger partial charge in [0.25, 0.3) is 0 Å². The van der Waals surface area contributed by atoms with Crippen LogP contribution in [-0.2, 0) is 13.1 Å². The number of rotatable bonds is 5. The Morgan fingerprint density at radius 1 is 1.00 bits per heavy atom. The summed E-state index contributed by atoms with van der Waals surface area (Å²) in [4.78, 5) is 19.0. The van der Waals surface area contributed by atoms with Crippen molar-refractivity contribution in [3.63, 3.8) is 0 Å². The quantitative estimate of drug-likeness (QED) is 0.387. The maximum atomic E-state index is 11.7. The summed E-state index contributed by atoms with van der Waals surface area (Å²) in [6.07, 6.45) is 0. The molecule has 1 atom stereocenters. The summed E-state index contributed by atoms with van der Waals surface area (Å²) in [6.45, 7) is 7.97. The summed E-state index contributed by atoms with van der Waals surface area (Å²) in [7, 11) is 0. The van der Waals surface area contributed by atoms with Gasteiger partial charge in [-0.25, -0.2) is 4.79 Å². The molecule has 1 aromatic heterocycles. The van der Waals surface area contributed by atoms with Crippen molar-refractivity contribution in [3.05, 3.63) is 100 Å². The summed E-state index contributed by atoms with van der Waals surface area (Å²) in [5, 5.41) is 14.1. The highest BCUT2D eigenvalue weighted by atomic mass is 16.4. The number of nitrogens with one attached hydrogen (secondary N) is 1. The Hall–Kier alpha value is -3.86. The molecule has 0 saturated heterocycles. The highest BCUT2D eigenvalue weighted by Gasteiger charge is 2.22. The first kappa shape index (κ1) is 21.0. The number of hydrogen-bond acceptors (Lipinski definition) is 4. The third kappa shape index (κ3) is 3.91. The van der Waals surface area contributed by atoms with Crippen molar-refractivity contribution in [3.8, 4) is 0 Å². The van der Waals surface area contributed by atoms with E-state index in [1.54, 1.807) is 12.1 Å². The maximum Gasteiger partial charge on any atom is 0.337 e. The maximum absolute atomic E-state index is 11.7. The van der Waals surface area contributed by atoms with Gasteiger partial charge in [-0.05, 0) is 67.3 Å². The molecule has 2 heterocycles. The second kappa shape index (κ2) is 8.24. The van der Waals surface area contributed by atoms with Gasteiger partial charge >= 0.3 is 5.97 Å². The number of fused-ring (bicyclic) bond motifs is 2. The van der Waals surface area contributed by atoms with E-state index in [1.165, 1.54) is 11.1 Å². The lowest BCUT2D eigenvalue weighted by Crippen LogP contribution is -2.17. The molecule has 4 aromatic rings. The molecule has 0 radical (unpaired) electrons. The Labute approximate surface area is 193 Å². The topological polar surface area (TPSA) is 65.5 Å². The molecule has 166 valence electrons. The highest BCUT2D eigenvalue weighted by Crippen LogP contribution is 2.35. The number of pyridine rings is 1. The number of para-hydroxylation sites is 1. The van der Waals surface area contributed by atoms with Crippen LogP contribution < -0.4 is 10.2 Å². The minimum Gasteiger partial charge on any atom is -0.478 e. The molecule has 2 N–H and O–H groups in total. The van der Waals surface area contributed by atoms with Gasteiger partial charge in [0, 0.05) is 30.2 Å². The monoisotopic (exact) mass is 437 g/mol. The first-order valence-electron chi connectivity index (χ1n) is 11.2. The molecule has 0 saturated carbocycles. The van der Waals surface area contributed by atoms with Gasteiger partial charge in [0.1, 0.15) is 0 Å². The molecule has 0 bridgehead atoms. The van der Waals surface area contributed by atoms with Crippen LogP contribution in [0.25, 0.3) is 10.9 Å². The Morgan fingerprint density at radius 3 is 2.36 bits per heavy atom. The van der Waals surface area contributed by atoms with Crippen LogP contribution in [-0.4, -0.2) is 16.1 Å². The molecular formula is C28H27N3O2. The van der Waals surface area contributed by atoms with E-state index in [9.17, 15) is 9.90 Å². The van der Waals surface area contributed by atoms with Crippen LogP contribution >= 0.6 is 0 Å². The zero-order valence-electron chi connectivity index (χ0n) is 19.1. The summed E-state index contributed by atoms with van der Waals surface area (Å²) in [5.74, 6) is -0.937. The van der Waals surface area contributed by atoms with Crippen molar-refractivity contribution < 1.29 is 9.90 Å². The Bertz CT molecular complexity index is 1350. The van der Waals surface area contributed by atoms with E-state index in [0.29, 0.717) is 5.69 Å². The molecule has 0 spiro atoms. The highest BCUT2D eigenvalue weighted by molar-refractivity contribution is 5.94. The Kier molecular flexibility index (Phi) is 5.25. The van der Waals surface area contributed by atoms with Crippen LogP contribution in [0.3, 0.4) is 0 Å². The Balaban J connectivity index is 1.55. The van der Waals surface area contributed by atoms with Crippen LogP contribution in [0.4, 0.5) is 11.4 Å². The van der Waals surface area contributed by atoms with E-state index < -0.39 is 5.97 Å². The summed E-state index contributed by atoms with van der Waals surface area (Å²) in [6, 6.07) is 22.1. The largest absolute Gasteiger partial charge is 0.478 e. The van der Waals surface area contributed by atoms with Crippen molar-refractivity contribution in [2.24, 2.45) is 0 Å². The molecule has 1 aliphatic rings. The van der Waals surface area contributed by atoms with Crippen LogP contribution in [0.1, 0.15) is 51.3 Å². The minimum absolute atomic E-state index is 0.0963. The van der Waals surface area contributed by atoms with Gasteiger partial charge in [-0.15, -0.1) is 0 Å². The second-order valence-corrected chi connectivity index (χ2v) is 8.86. The molecule has 1 aliphatic heterocycles. The van der Waals surface area contributed by atoms with Crippen molar-refractivity contribution in [2.75, 3.05) is 10.2 Å². The molecular weight excluding hydrogens is 410 g/mol. The first-order chi connectivity index (χ1) is 15.9. The van der Waals surface area contributed by atoms with Gasteiger partial charge < -0.3 is 15.3 Å². The van der Waals surface area contributed by atoms with Crippen molar-refractivity contribution in [2.45, 2.75) is 39.9 Å². The average molecular weight is 438 g/mol. The number of aryl methyl sites for hydroxylation is 2. The fourth-order valence-electron chi connectivity index (χ4n) is 4.82. The molecule has 0 amide bonds. The van der Waals surface area contributed by atoms with Gasteiger partial charge in [-0.3, -0.25) is 4.98 Å². The Morgan fingerprint density at radius 2 is 1.67 bits per heavy atom. The second-order valence-electron chi connectivity index (χ2n) is 8.86. The van der Waals surface area contributed by atoms with Crippen molar-refractivity contribution in [1.82, 2.24) is 4.98 Å². The van der Waals surface area contributed by atoms with Gasteiger partial charge in [0.05, 0.1) is 22.5 Å². The molecule has 5 heteroatoms. The van der Waals surface area contributed by atoms with Crippen molar-refractivity contribution >= 4 is 28.2 Å². The average Bonchev–Trinajstić information content (AvgIpc) is 3.22. The summed E-state index contributed by atoms with van der Waals surface area (Å²) < 4.78 is 0. The van der Waals surface area contributed by atoms with E-state index >= 15 is 0 Å². The number of aromatic nitrogens is 1. The van der Waals surface area contributed by atoms with Crippen molar-refractivity contribution in [1.29, 1.82) is 0 Å². The zero-order chi connectivity index (χ0) is 23.1. The molecule has 5 nitrogen and oxygen atoms in total. The number of anilines is 2. The normalized spacial score (nSPS) is 13.7. The molecule has 0 aliphatic carbocycles. The third-order valence-corrected chi connectivity index (χ3v) is 6.45. The van der Waals surface area contributed by atoms with Crippen LogP contribution in [0.5, 0.6) is 0 Å². The fraction of sp³-hybridized carbons (Fsp3) is 0.214. The van der Waals surface area contributed by atoms with Gasteiger partial charge in [-0.1, -0.05) is 42.5 Å². The fourth-order valence-corrected chi connectivity index (χ4v) is 4.82. The molecule has 1 unspecified atom stereocenters. The number of aromatic carboxylic acids is 1. The number of benzene rings is 3. The number of nitrogens with zero attached hydrogens (tertiary/aromatic N) is 2. The predicted octanol–water partition coefficient (Wildman–Crippen LogP) is 6.24. The van der Waals surface area contributed by atoms with Crippen LogP contribution in [0.15, 0.2) is 66.7 Å². The van der Waals surface area contributed by atoms with Crippen LogP contribution in [0.2, 0.25) is 0 Å². The lowest BCUT2D eigenvalue weighted by atomic mass is 9.98. The number of hydrogen-bond donors (Lipinski definition) is 2. The minimum atomic E-state index is -0.937. The van der Waals surface area contributed by atoms with Crippen LogP contribution in [0, 0.1) is 13.8 Å². The summed E-state index contributed by atoms with van der Waals surface area (Å²) in [5.41, 5.74) is 8.96. The van der Waals surface area contributed by atoms with Gasteiger partial charge in [0.2, 0.25) is 0 Å². The summed E-state index contributed by atoms with van der Waals surface area (Å²) >= 11 is 0. The standard InChI is InChI=1S/C28H27N3O2/c1-17-12-23(18(2)29-25-11-7-6-10-22(25)28(32)33)24-14-27(19(3)30-26(24)13-17)31-15-20-8-4-5-9-21(20)16-31/h4-14,18,29H,15-16H2,1-3H3,(H,32,33). The molecule has 5 rings (SSSR count). The van der Waals surface area contributed by atoms with E-state index in [1.807, 2.05) is 12.1 Å².